The highest BCUT2D eigenvalue weighted by Crippen LogP contribution is 2.33. The minimum Gasteiger partial charge on any atom is -0.406 e. The Kier molecular flexibility index (Phi) is 6.14. The van der Waals surface area contributed by atoms with Crippen molar-refractivity contribution in [2.75, 3.05) is 23.3 Å². The van der Waals surface area contributed by atoms with E-state index in [1.807, 2.05) is 0 Å². The number of rotatable bonds is 5. The van der Waals surface area contributed by atoms with Gasteiger partial charge in [-0.2, -0.15) is 4.39 Å². The molecule has 0 aliphatic carbocycles. The number of anilines is 2. The highest BCUT2D eigenvalue weighted by atomic mass is 19.4. The molecule has 0 saturated carbocycles. The lowest BCUT2D eigenvalue weighted by molar-refractivity contribution is -0.274. The fourth-order valence-corrected chi connectivity index (χ4v) is 3.50. The van der Waals surface area contributed by atoms with Gasteiger partial charge >= 0.3 is 6.36 Å². The Balaban J connectivity index is 1.61. The highest BCUT2D eigenvalue weighted by molar-refractivity contribution is 6.05. The van der Waals surface area contributed by atoms with Gasteiger partial charge in [-0.05, 0) is 48.9 Å². The first-order valence-electron chi connectivity index (χ1n) is 9.91. The number of ether oxygens (including phenoxy) is 1. The van der Waals surface area contributed by atoms with Crippen molar-refractivity contribution in [3.63, 3.8) is 0 Å². The van der Waals surface area contributed by atoms with Gasteiger partial charge in [0, 0.05) is 42.3 Å². The van der Waals surface area contributed by atoms with Crippen LogP contribution in [0.1, 0.15) is 16.8 Å². The molecular weight excluding hydrogens is 444 g/mol. The van der Waals surface area contributed by atoms with Gasteiger partial charge in [0.1, 0.15) is 11.6 Å². The first kappa shape index (κ1) is 22.5. The number of aromatic nitrogens is 2. The Hall–Kier alpha value is -3.73. The zero-order chi connectivity index (χ0) is 23.6. The standard InChI is InChI=1S/C22H18F4N4O3/c23-19-17(2-1-8-27-19)18-10-13(11-28-20(18)30-9-7-15(31)12-30)21(32)29-14-3-5-16(6-4-14)33-22(24,25)26/h1-6,8,10-11,15,31H,7,9,12H2,(H,29,32). The maximum atomic E-state index is 14.5. The minimum atomic E-state index is -4.82. The maximum Gasteiger partial charge on any atom is 0.573 e. The van der Waals surface area contributed by atoms with E-state index in [-0.39, 0.29) is 16.8 Å². The van der Waals surface area contributed by atoms with Crippen molar-refractivity contribution in [1.82, 2.24) is 9.97 Å². The molecule has 1 aliphatic rings. The van der Waals surface area contributed by atoms with Crippen molar-refractivity contribution in [3.05, 3.63) is 66.4 Å². The number of nitrogens with zero attached hydrogens (tertiary/aromatic N) is 3. The molecule has 1 atom stereocenters. The SMILES string of the molecule is O=C(Nc1ccc(OC(F)(F)F)cc1)c1cnc(N2CCC(O)C2)c(-c2cccnc2F)c1. The fraction of sp³-hybridized carbons (Fsp3) is 0.227. The lowest BCUT2D eigenvalue weighted by Crippen LogP contribution is -2.23. The first-order chi connectivity index (χ1) is 15.7. The number of carbonyl (C=O) groups is 1. The summed E-state index contributed by atoms with van der Waals surface area (Å²) in [6.45, 7) is 0.834. The molecule has 0 bridgehead atoms. The summed E-state index contributed by atoms with van der Waals surface area (Å²) in [5.74, 6) is -1.35. The second kappa shape index (κ2) is 9.02. The first-order valence-corrected chi connectivity index (χ1v) is 9.91. The Labute approximate surface area is 185 Å². The predicted octanol–water partition coefficient (Wildman–Crippen LogP) is 4.00. The Bertz CT molecular complexity index is 1160. The van der Waals surface area contributed by atoms with Crippen LogP contribution in [0.5, 0.6) is 5.75 Å². The smallest absolute Gasteiger partial charge is 0.406 e. The molecule has 1 aliphatic heterocycles. The van der Waals surface area contributed by atoms with E-state index in [0.717, 1.165) is 12.1 Å². The Morgan fingerprint density at radius 1 is 1.15 bits per heavy atom. The number of halogens is 4. The number of hydrogen-bond donors (Lipinski definition) is 2. The van der Waals surface area contributed by atoms with E-state index in [0.29, 0.717) is 30.9 Å². The number of alkyl halides is 3. The van der Waals surface area contributed by atoms with Gasteiger partial charge in [-0.3, -0.25) is 4.79 Å². The topological polar surface area (TPSA) is 87.6 Å². The summed E-state index contributed by atoms with van der Waals surface area (Å²) < 4.78 is 55.2. The number of aliphatic hydroxyl groups is 1. The molecule has 1 saturated heterocycles. The van der Waals surface area contributed by atoms with E-state index in [1.165, 1.54) is 36.7 Å². The summed E-state index contributed by atoms with van der Waals surface area (Å²) in [5, 5.41) is 12.4. The van der Waals surface area contributed by atoms with Gasteiger partial charge in [-0.1, -0.05) is 0 Å². The van der Waals surface area contributed by atoms with Crippen molar-refractivity contribution >= 4 is 17.4 Å². The Morgan fingerprint density at radius 3 is 2.55 bits per heavy atom. The average molecular weight is 462 g/mol. The molecule has 4 rings (SSSR count). The van der Waals surface area contributed by atoms with Gasteiger partial charge in [0.15, 0.2) is 0 Å². The molecule has 3 heterocycles. The molecule has 1 unspecified atom stereocenters. The summed E-state index contributed by atoms with van der Waals surface area (Å²) in [4.78, 5) is 22.6. The molecule has 172 valence electrons. The molecule has 3 aromatic rings. The summed E-state index contributed by atoms with van der Waals surface area (Å²) in [5.41, 5.74) is 0.809. The number of amides is 1. The number of carbonyl (C=O) groups excluding carboxylic acids is 1. The third kappa shape index (κ3) is 5.37. The van der Waals surface area contributed by atoms with Crippen LogP contribution in [0.3, 0.4) is 0 Å². The highest BCUT2D eigenvalue weighted by Gasteiger charge is 2.31. The molecule has 33 heavy (non-hydrogen) atoms. The van der Waals surface area contributed by atoms with Crippen LogP contribution >= 0.6 is 0 Å². The van der Waals surface area contributed by atoms with Crippen LogP contribution in [0.25, 0.3) is 11.1 Å². The quantitative estimate of drug-likeness (QED) is 0.440. The normalized spacial score (nSPS) is 16.0. The summed E-state index contributed by atoms with van der Waals surface area (Å²) in [6, 6.07) is 9.18. The van der Waals surface area contributed by atoms with Crippen molar-refractivity contribution in [1.29, 1.82) is 0 Å². The van der Waals surface area contributed by atoms with E-state index in [1.54, 1.807) is 11.0 Å². The van der Waals surface area contributed by atoms with E-state index >= 15 is 0 Å². The van der Waals surface area contributed by atoms with Gasteiger partial charge in [-0.25, -0.2) is 9.97 Å². The number of β-amino-alcohol motifs (C(OH)–C–C–N with tert-alkyl or cyclic N) is 1. The van der Waals surface area contributed by atoms with Gasteiger partial charge in [0.2, 0.25) is 5.95 Å². The van der Waals surface area contributed by atoms with E-state index < -0.39 is 30.1 Å². The summed E-state index contributed by atoms with van der Waals surface area (Å²) in [7, 11) is 0. The number of nitrogens with one attached hydrogen (secondary N) is 1. The van der Waals surface area contributed by atoms with E-state index in [4.69, 9.17) is 0 Å². The molecule has 11 heteroatoms. The van der Waals surface area contributed by atoms with Crippen LogP contribution in [-0.4, -0.2) is 46.5 Å². The van der Waals surface area contributed by atoms with Gasteiger partial charge in [0.05, 0.1) is 11.7 Å². The van der Waals surface area contributed by atoms with Crippen LogP contribution in [0.4, 0.5) is 29.1 Å². The second-order valence-corrected chi connectivity index (χ2v) is 7.35. The molecule has 1 aromatic carbocycles. The molecule has 0 spiro atoms. The van der Waals surface area contributed by atoms with Crippen molar-refractivity contribution in [2.24, 2.45) is 0 Å². The van der Waals surface area contributed by atoms with Gasteiger partial charge in [-0.15, -0.1) is 13.2 Å². The molecule has 7 nitrogen and oxygen atoms in total. The van der Waals surface area contributed by atoms with Gasteiger partial charge in [0.25, 0.3) is 5.91 Å². The van der Waals surface area contributed by atoms with Gasteiger partial charge < -0.3 is 20.1 Å². The van der Waals surface area contributed by atoms with Crippen molar-refractivity contribution in [3.8, 4) is 16.9 Å². The molecular formula is C22H18F4N4O3. The maximum absolute atomic E-state index is 14.5. The third-order valence-corrected chi connectivity index (χ3v) is 4.99. The third-order valence-electron chi connectivity index (χ3n) is 4.99. The largest absolute Gasteiger partial charge is 0.573 e. The number of pyridine rings is 2. The second-order valence-electron chi connectivity index (χ2n) is 7.35. The van der Waals surface area contributed by atoms with Crippen LogP contribution in [0.15, 0.2) is 54.9 Å². The zero-order valence-electron chi connectivity index (χ0n) is 17.0. The fourth-order valence-electron chi connectivity index (χ4n) is 3.50. The predicted molar refractivity (Wildman–Crippen MR) is 111 cm³/mol. The molecule has 1 fully saturated rings. The number of hydrogen-bond acceptors (Lipinski definition) is 6. The number of benzene rings is 1. The molecule has 2 aromatic heterocycles. The number of aliphatic hydroxyl groups excluding tert-OH is 1. The summed E-state index contributed by atoms with van der Waals surface area (Å²) in [6.07, 6.45) is -2.21. The molecule has 1 amide bonds. The van der Waals surface area contributed by atoms with Crippen molar-refractivity contribution in [2.45, 2.75) is 18.9 Å². The van der Waals surface area contributed by atoms with E-state index in [9.17, 15) is 27.5 Å². The lowest BCUT2D eigenvalue weighted by Gasteiger charge is -2.21. The van der Waals surface area contributed by atoms with Crippen LogP contribution < -0.4 is 15.0 Å². The average Bonchev–Trinajstić information content (AvgIpc) is 3.20. The monoisotopic (exact) mass is 462 g/mol. The zero-order valence-corrected chi connectivity index (χ0v) is 17.0. The molecule has 2 N–H and O–H groups in total. The van der Waals surface area contributed by atoms with E-state index in [2.05, 4.69) is 20.0 Å². The van der Waals surface area contributed by atoms with Crippen LogP contribution in [0.2, 0.25) is 0 Å². The Morgan fingerprint density at radius 2 is 1.91 bits per heavy atom. The van der Waals surface area contributed by atoms with Crippen molar-refractivity contribution < 1.29 is 32.2 Å². The van der Waals surface area contributed by atoms with Crippen LogP contribution in [0, 0.1) is 5.95 Å². The minimum absolute atomic E-state index is 0.104. The lowest BCUT2D eigenvalue weighted by atomic mass is 10.1. The summed E-state index contributed by atoms with van der Waals surface area (Å²) >= 11 is 0. The van der Waals surface area contributed by atoms with Crippen LogP contribution in [-0.2, 0) is 0 Å². The molecule has 0 radical (unpaired) electrons.